The van der Waals surface area contributed by atoms with E-state index in [1.54, 1.807) is 18.2 Å². The molecule has 0 unspecified atom stereocenters. The van der Waals surface area contributed by atoms with E-state index in [9.17, 15) is 9.18 Å². The molecule has 0 bridgehead atoms. The van der Waals surface area contributed by atoms with Gasteiger partial charge in [0.1, 0.15) is 5.82 Å². The molecule has 0 aromatic heterocycles. The Labute approximate surface area is 148 Å². The third-order valence-electron chi connectivity index (χ3n) is 4.40. The average Bonchev–Trinajstić information content (AvgIpc) is 2.63. The fourth-order valence-electron chi connectivity index (χ4n) is 2.97. The van der Waals surface area contributed by atoms with Crippen molar-refractivity contribution in [2.45, 2.75) is 26.7 Å². The van der Waals surface area contributed by atoms with Gasteiger partial charge in [0.15, 0.2) is 5.78 Å². The van der Waals surface area contributed by atoms with Gasteiger partial charge >= 0.3 is 0 Å². The number of hydrogen-bond acceptors (Lipinski definition) is 1. The van der Waals surface area contributed by atoms with Gasteiger partial charge in [-0.1, -0.05) is 74.0 Å². The number of rotatable bonds is 5. The van der Waals surface area contributed by atoms with E-state index in [2.05, 4.69) is 19.1 Å². The molecule has 126 valence electrons. The molecule has 0 N–H and O–H groups in total. The molecule has 0 aliphatic carbocycles. The molecular weight excluding hydrogens is 311 g/mol. The molecule has 0 amide bonds. The lowest BCUT2D eigenvalue weighted by Gasteiger charge is -2.08. The van der Waals surface area contributed by atoms with E-state index in [0.717, 1.165) is 29.5 Å². The Hall–Kier alpha value is -2.74. The number of carbonyl (C=O) groups is 1. The van der Waals surface area contributed by atoms with Crippen LogP contribution >= 0.6 is 0 Å². The summed E-state index contributed by atoms with van der Waals surface area (Å²) in [6.07, 6.45) is 2.14. The Morgan fingerprint density at radius 2 is 1.44 bits per heavy atom. The zero-order valence-electron chi connectivity index (χ0n) is 14.6. The summed E-state index contributed by atoms with van der Waals surface area (Å²) in [6.45, 7) is 3.69. The van der Waals surface area contributed by atoms with Gasteiger partial charge in [0.2, 0.25) is 0 Å². The van der Waals surface area contributed by atoms with Crippen molar-refractivity contribution in [3.8, 4) is 22.3 Å². The monoisotopic (exact) mass is 332 g/mol. The third kappa shape index (κ3) is 3.85. The van der Waals surface area contributed by atoms with Gasteiger partial charge in [-0.3, -0.25) is 4.79 Å². The van der Waals surface area contributed by atoms with E-state index in [-0.39, 0.29) is 11.6 Å². The van der Waals surface area contributed by atoms with Gasteiger partial charge in [-0.2, -0.15) is 0 Å². The van der Waals surface area contributed by atoms with Crippen molar-refractivity contribution >= 4 is 5.78 Å². The summed E-state index contributed by atoms with van der Waals surface area (Å²) in [5.74, 6) is -0.212. The van der Waals surface area contributed by atoms with Crippen LogP contribution in [0.3, 0.4) is 0 Å². The molecule has 25 heavy (non-hydrogen) atoms. The summed E-state index contributed by atoms with van der Waals surface area (Å²) in [5, 5.41) is 0. The topological polar surface area (TPSA) is 17.1 Å². The normalized spacial score (nSPS) is 10.7. The largest absolute Gasteiger partial charge is 0.295 e. The van der Waals surface area contributed by atoms with Crippen molar-refractivity contribution in [2.24, 2.45) is 0 Å². The summed E-state index contributed by atoms with van der Waals surface area (Å²) < 4.78 is 14.6. The lowest BCUT2D eigenvalue weighted by molar-refractivity contribution is 0.101. The Morgan fingerprint density at radius 1 is 0.840 bits per heavy atom. The number of ketones is 1. The van der Waals surface area contributed by atoms with Crippen LogP contribution in [0.1, 0.15) is 36.2 Å². The molecule has 0 aliphatic rings. The number of hydrogen-bond donors (Lipinski definition) is 0. The van der Waals surface area contributed by atoms with Gasteiger partial charge in [0.05, 0.1) is 0 Å². The Kier molecular flexibility index (Phi) is 5.08. The SMILES string of the molecule is CCCc1ccc(-c2ccc(-c3ccc(C(C)=O)cc3)cc2F)cc1. The molecule has 0 atom stereocenters. The molecule has 0 radical (unpaired) electrons. The lowest BCUT2D eigenvalue weighted by Crippen LogP contribution is -1.91. The predicted molar refractivity (Wildman–Crippen MR) is 101 cm³/mol. The smallest absolute Gasteiger partial charge is 0.159 e. The molecule has 0 saturated carbocycles. The fraction of sp³-hybridized carbons (Fsp3) is 0.174. The minimum atomic E-state index is -0.239. The zero-order valence-corrected chi connectivity index (χ0v) is 14.6. The quantitative estimate of drug-likeness (QED) is 0.500. The highest BCUT2D eigenvalue weighted by molar-refractivity contribution is 5.94. The molecular formula is C23H21FO. The van der Waals surface area contributed by atoms with Crippen LogP contribution in [0.4, 0.5) is 4.39 Å². The van der Waals surface area contributed by atoms with Crippen LogP contribution in [-0.2, 0) is 6.42 Å². The van der Waals surface area contributed by atoms with Crippen molar-refractivity contribution in [3.05, 3.63) is 83.7 Å². The van der Waals surface area contributed by atoms with Crippen LogP contribution in [0.15, 0.2) is 66.7 Å². The molecule has 0 heterocycles. The second-order valence-electron chi connectivity index (χ2n) is 6.28. The first-order valence-electron chi connectivity index (χ1n) is 8.58. The zero-order chi connectivity index (χ0) is 17.8. The van der Waals surface area contributed by atoms with Gasteiger partial charge in [0, 0.05) is 11.1 Å². The molecule has 0 fully saturated rings. The highest BCUT2D eigenvalue weighted by Gasteiger charge is 2.08. The highest BCUT2D eigenvalue weighted by atomic mass is 19.1. The van der Waals surface area contributed by atoms with Gasteiger partial charge in [-0.05, 0) is 41.7 Å². The van der Waals surface area contributed by atoms with Crippen LogP contribution in [0.25, 0.3) is 22.3 Å². The molecule has 2 heteroatoms. The lowest BCUT2D eigenvalue weighted by atomic mass is 9.97. The Balaban J connectivity index is 1.88. The molecule has 3 aromatic rings. The van der Waals surface area contributed by atoms with E-state index in [1.165, 1.54) is 12.5 Å². The third-order valence-corrected chi connectivity index (χ3v) is 4.40. The summed E-state index contributed by atoms with van der Waals surface area (Å²) in [4.78, 5) is 11.4. The van der Waals surface area contributed by atoms with Crippen LogP contribution in [0.2, 0.25) is 0 Å². The number of halogens is 1. The fourth-order valence-corrected chi connectivity index (χ4v) is 2.97. The molecule has 0 saturated heterocycles. The maximum absolute atomic E-state index is 14.6. The standard InChI is InChI=1S/C23H21FO/c1-3-4-17-5-7-20(8-6-17)22-14-13-21(15-23(22)24)19-11-9-18(10-12-19)16(2)25/h5-15H,3-4H2,1-2H3. The minimum Gasteiger partial charge on any atom is -0.295 e. The van der Waals surface area contributed by atoms with Gasteiger partial charge in [-0.15, -0.1) is 0 Å². The van der Waals surface area contributed by atoms with E-state index in [1.807, 2.05) is 36.4 Å². The Morgan fingerprint density at radius 3 is 2.00 bits per heavy atom. The molecule has 0 spiro atoms. The summed E-state index contributed by atoms with van der Waals surface area (Å²) >= 11 is 0. The van der Waals surface area contributed by atoms with Crippen molar-refractivity contribution in [2.75, 3.05) is 0 Å². The van der Waals surface area contributed by atoms with E-state index < -0.39 is 0 Å². The van der Waals surface area contributed by atoms with Crippen molar-refractivity contribution in [3.63, 3.8) is 0 Å². The second kappa shape index (κ2) is 7.43. The molecule has 0 aliphatic heterocycles. The van der Waals surface area contributed by atoms with Crippen LogP contribution in [0.5, 0.6) is 0 Å². The maximum Gasteiger partial charge on any atom is 0.159 e. The van der Waals surface area contributed by atoms with E-state index in [4.69, 9.17) is 0 Å². The van der Waals surface area contributed by atoms with Gasteiger partial charge < -0.3 is 0 Å². The van der Waals surface area contributed by atoms with E-state index >= 15 is 0 Å². The van der Waals surface area contributed by atoms with Crippen LogP contribution in [0, 0.1) is 5.82 Å². The first kappa shape index (κ1) is 17.1. The number of benzene rings is 3. The summed E-state index contributed by atoms with van der Waals surface area (Å²) in [6, 6.07) is 20.6. The first-order valence-corrected chi connectivity index (χ1v) is 8.58. The molecule has 3 rings (SSSR count). The molecule has 1 nitrogen and oxygen atoms in total. The van der Waals surface area contributed by atoms with Crippen molar-refractivity contribution < 1.29 is 9.18 Å². The maximum atomic E-state index is 14.6. The van der Waals surface area contributed by atoms with Gasteiger partial charge in [-0.25, -0.2) is 4.39 Å². The number of aryl methyl sites for hydroxylation is 1. The number of carbonyl (C=O) groups excluding carboxylic acids is 1. The first-order chi connectivity index (χ1) is 12.1. The second-order valence-corrected chi connectivity index (χ2v) is 6.28. The van der Waals surface area contributed by atoms with Gasteiger partial charge in [0.25, 0.3) is 0 Å². The predicted octanol–water partition coefficient (Wildman–Crippen LogP) is 6.31. The molecule has 3 aromatic carbocycles. The average molecular weight is 332 g/mol. The Bertz CT molecular complexity index is 877. The minimum absolute atomic E-state index is 0.0274. The summed E-state index contributed by atoms with van der Waals surface area (Å²) in [5.41, 5.74) is 5.12. The van der Waals surface area contributed by atoms with E-state index in [0.29, 0.717) is 11.1 Å². The van der Waals surface area contributed by atoms with Crippen LogP contribution < -0.4 is 0 Å². The summed E-state index contributed by atoms with van der Waals surface area (Å²) in [7, 11) is 0. The van der Waals surface area contributed by atoms with Crippen molar-refractivity contribution in [1.82, 2.24) is 0 Å². The van der Waals surface area contributed by atoms with Crippen LogP contribution in [-0.4, -0.2) is 5.78 Å². The van der Waals surface area contributed by atoms with Crippen molar-refractivity contribution in [1.29, 1.82) is 0 Å². The highest BCUT2D eigenvalue weighted by Crippen LogP contribution is 2.28. The number of Topliss-reactive ketones (excluding diaryl/α,β-unsaturated/α-hetero) is 1.